The molecule has 86 valence electrons. The van der Waals surface area contributed by atoms with Gasteiger partial charge in [0.1, 0.15) is 0 Å². The molecule has 16 heavy (non-hydrogen) atoms. The van der Waals surface area contributed by atoms with Gasteiger partial charge in [-0.2, -0.15) is 0 Å². The molecule has 1 heterocycles. The number of nitrogens with zero attached hydrogens (tertiary/aromatic N) is 1. The monoisotopic (exact) mass is 288 g/mol. The molecule has 1 amide bonds. The maximum absolute atomic E-state index is 11.5. The number of aliphatic hydroxyl groups excluding tert-OH is 1. The van der Waals surface area contributed by atoms with Crippen LogP contribution < -0.4 is 5.32 Å². The molecule has 0 aromatic carbocycles. The summed E-state index contributed by atoms with van der Waals surface area (Å²) in [7, 11) is 0. The van der Waals surface area contributed by atoms with Crippen molar-refractivity contribution < 1.29 is 19.8 Å². The zero-order valence-corrected chi connectivity index (χ0v) is 9.64. The van der Waals surface area contributed by atoms with Gasteiger partial charge in [0.25, 0.3) is 5.91 Å². The maximum atomic E-state index is 11.5. The molecule has 0 saturated heterocycles. The molecule has 0 saturated carbocycles. The van der Waals surface area contributed by atoms with Crippen molar-refractivity contribution in [3.8, 4) is 0 Å². The summed E-state index contributed by atoms with van der Waals surface area (Å²) >= 11 is 3.13. The smallest absolute Gasteiger partial charge is 0.328 e. The molecule has 0 unspecified atom stereocenters. The number of aliphatic hydroxyl groups is 1. The summed E-state index contributed by atoms with van der Waals surface area (Å²) in [5.41, 5.74) is 0.217. The molecule has 0 aliphatic carbocycles. The summed E-state index contributed by atoms with van der Waals surface area (Å²) in [6.07, 6.45) is 2.80. The Labute approximate surface area is 99.4 Å². The summed E-state index contributed by atoms with van der Waals surface area (Å²) in [5, 5.41) is 19.5. The van der Waals surface area contributed by atoms with Gasteiger partial charge in [-0.3, -0.25) is 9.78 Å². The first-order chi connectivity index (χ1) is 7.54. The van der Waals surface area contributed by atoms with Gasteiger partial charge in [-0.1, -0.05) is 0 Å². The van der Waals surface area contributed by atoms with Crippen molar-refractivity contribution in [3.05, 3.63) is 28.5 Å². The van der Waals surface area contributed by atoms with Crippen LogP contribution in [0.5, 0.6) is 0 Å². The second kappa shape index (κ2) is 5.57. The van der Waals surface area contributed by atoms with Gasteiger partial charge in [0.05, 0.1) is 12.2 Å². The number of carboxylic acids is 1. The van der Waals surface area contributed by atoms with E-state index >= 15 is 0 Å². The Hall–Kier alpha value is -1.47. The molecule has 3 N–H and O–H groups in total. The number of carbonyl (C=O) groups excluding carboxylic acids is 1. The minimum Gasteiger partial charge on any atom is -0.480 e. The summed E-state index contributed by atoms with van der Waals surface area (Å²) in [4.78, 5) is 25.9. The van der Waals surface area contributed by atoms with Crippen LogP contribution in [0.3, 0.4) is 0 Å². The van der Waals surface area contributed by atoms with E-state index in [0.717, 1.165) is 0 Å². The van der Waals surface area contributed by atoms with Crippen LogP contribution in [-0.4, -0.2) is 39.7 Å². The molecule has 0 radical (unpaired) electrons. The van der Waals surface area contributed by atoms with Crippen molar-refractivity contribution in [1.29, 1.82) is 0 Å². The molecule has 0 fully saturated rings. The molecule has 6 nitrogen and oxygen atoms in total. The Morgan fingerprint density at radius 1 is 1.50 bits per heavy atom. The fourth-order valence-corrected chi connectivity index (χ4v) is 1.33. The number of hydrogen-bond donors (Lipinski definition) is 3. The summed E-state index contributed by atoms with van der Waals surface area (Å²) < 4.78 is 0.607. The Bertz CT molecular complexity index is 410. The number of carboxylic acid groups (broad SMARTS) is 1. The molecule has 1 aromatic rings. The molecule has 0 aliphatic heterocycles. The van der Waals surface area contributed by atoms with E-state index in [1.54, 1.807) is 0 Å². The molecule has 7 heteroatoms. The average molecular weight is 289 g/mol. The Morgan fingerprint density at radius 2 is 2.19 bits per heavy atom. The van der Waals surface area contributed by atoms with Crippen LogP contribution in [0.2, 0.25) is 0 Å². The molecular formula is C9H9BrN2O4. The molecule has 0 aliphatic rings. The zero-order chi connectivity index (χ0) is 12.1. The van der Waals surface area contributed by atoms with E-state index in [-0.39, 0.29) is 5.56 Å². The van der Waals surface area contributed by atoms with Gasteiger partial charge in [0, 0.05) is 16.9 Å². The Morgan fingerprint density at radius 3 is 2.69 bits per heavy atom. The van der Waals surface area contributed by atoms with Gasteiger partial charge in [-0.25, -0.2) is 4.79 Å². The third-order valence-corrected chi connectivity index (χ3v) is 2.19. The highest BCUT2D eigenvalue weighted by Crippen LogP contribution is 2.09. The normalized spacial score (nSPS) is 11.9. The average Bonchev–Trinajstić information content (AvgIpc) is 2.25. The molecule has 1 aromatic heterocycles. The number of aromatic nitrogens is 1. The topological polar surface area (TPSA) is 99.5 Å². The van der Waals surface area contributed by atoms with E-state index in [0.29, 0.717) is 4.47 Å². The minimum atomic E-state index is -1.31. The van der Waals surface area contributed by atoms with Crippen molar-refractivity contribution in [2.45, 2.75) is 6.04 Å². The molecule has 0 spiro atoms. The Kier molecular flexibility index (Phi) is 4.39. The summed E-state index contributed by atoms with van der Waals surface area (Å²) in [6, 6.07) is 0.185. The van der Waals surface area contributed by atoms with Crippen LogP contribution in [0, 0.1) is 0 Å². The van der Waals surface area contributed by atoms with E-state index in [1.165, 1.54) is 18.5 Å². The lowest BCUT2D eigenvalue weighted by atomic mass is 10.2. The lowest BCUT2D eigenvalue weighted by molar-refractivity contribution is -0.140. The lowest BCUT2D eigenvalue weighted by Gasteiger charge is -2.11. The van der Waals surface area contributed by atoms with Crippen molar-refractivity contribution in [2.75, 3.05) is 6.61 Å². The molecule has 1 rings (SSSR count). The van der Waals surface area contributed by atoms with Gasteiger partial charge in [-0.05, 0) is 22.0 Å². The quantitative estimate of drug-likeness (QED) is 0.725. The standard InChI is InChI=1S/C9H9BrN2O4/c10-6-1-5(2-11-3-6)8(14)12-7(4-13)9(15)16/h1-3,7,13H,4H2,(H,12,14)(H,15,16)/t7-/m1/s1. The number of rotatable bonds is 4. The number of aliphatic carboxylic acids is 1. The van der Waals surface area contributed by atoms with Crippen molar-refractivity contribution >= 4 is 27.8 Å². The first-order valence-corrected chi connectivity index (χ1v) is 5.09. The highest BCUT2D eigenvalue weighted by Gasteiger charge is 2.19. The second-order valence-electron chi connectivity index (χ2n) is 2.94. The van der Waals surface area contributed by atoms with E-state index in [1.807, 2.05) is 0 Å². The lowest BCUT2D eigenvalue weighted by Crippen LogP contribution is -2.43. The third kappa shape index (κ3) is 3.28. The number of pyridine rings is 1. The summed E-state index contributed by atoms with van der Waals surface area (Å²) in [6.45, 7) is -0.664. The predicted molar refractivity (Wildman–Crippen MR) is 57.9 cm³/mol. The van der Waals surface area contributed by atoms with Crippen molar-refractivity contribution in [1.82, 2.24) is 10.3 Å². The fraction of sp³-hybridized carbons (Fsp3) is 0.222. The first-order valence-electron chi connectivity index (χ1n) is 4.29. The predicted octanol–water partition coefficient (Wildman–Crippen LogP) is 0.0194. The summed E-state index contributed by atoms with van der Waals surface area (Å²) in [5.74, 6) is -1.89. The maximum Gasteiger partial charge on any atom is 0.328 e. The first kappa shape index (κ1) is 12.6. The molecular weight excluding hydrogens is 280 g/mol. The number of hydrogen-bond acceptors (Lipinski definition) is 4. The van der Waals surface area contributed by atoms with Crippen LogP contribution in [0.1, 0.15) is 10.4 Å². The highest BCUT2D eigenvalue weighted by atomic mass is 79.9. The second-order valence-corrected chi connectivity index (χ2v) is 3.85. The highest BCUT2D eigenvalue weighted by molar-refractivity contribution is 9.10. The minimum absolute atomic E-state index is 0.217. The fourth-order valence-electron chi connectivity index (χ4n) is 0.963. The number of carbonyl (C=O) groups is 2. The van der Waals surface area contributed by atoms with E-state index in [2.05, 4.69) is 26.2 Å². The van der Waals surface area contributed by atoms with Crippen LogP contribution in [-0.2, 0) is 4.79 Å². The van der Waals surface area contributed by atoms with Crippen LogP contribution in [0.4, 0.5) is 0 Å². The van der Waals surface area contributed by atoms with E-state index in [9.17, 15) is 9.59 Å². The van der Waals surface area contributed by atoms with Crippen LogP contribution in [0.25, 0.3) is 0 Å². The molecule has 1 atom stereocenters. The van der Waals surface area contributed by atoms with E-state index in [4.69, 9.17) is 10.2 Å². The van der Waals surface area contributed by atoms with E-state index < -0.39 is 24.5 Å². The number of nitrogens with one attached hydrogen (secondary N) is 1. The van der Waals surface area contributed by atoms with Gasteiger partial charge in [0.2, 0.25) is 0 Å². The number of halogens is 1. The number of amides is 1. The van der Waals surface area contributed by atoms with Crippen molar-refractivity contribution in [2.24, 2.45) is 0 Å². The SMILES string of the molecule is O=C(N[C@H](CO)C(=O)O)c1cncc(Br)c1. The van der Waals surface area contributed by atoms with Crippen LogP contribution in [0.15, 0.2) is 22.9 Å². The largest absolute Gasteiger partial charge is 0.480 e. The van der Waals surface area contributed by atoms with Gasteiger partial charge in [-0.15, -0.1) is 0 Å². The third-order valence-electron chi connectivity index (χ3n) is 1.75. The molecule has 0 bridgehead atoms. The Balaban J connectivity index is 2.75. The van der Waals surface area contributed by atoms with Gasteiger partial charge in [0.15, 0.2) is 6.04 Å². The van der Waals surface area contributed by atoms with Crippen molar-refractivity contribution in [3.63, 3.8) is 0 Å². The van der Waals surface area contributed by atoms with Gasteiger partial charge >= 0.3 is 5.97 Å². The van der Waals surface area contributed by atoms with Gasteiger partial charge < -0.3 is 15.5 Å². The zero-order valence-electron chi connectivity index (χ0n) is 8.05. The van der Waals surface area contributed by atoms with Crippen LogP contribution >= 0.6 is 15.9 Å².